The van der Waals surface area contributed by atoms with Gasteiger partial charge in [0.25, 0.3) is 0 Å². The van der Waals surface area contributed by atoms with E-state index in [1.165, 1.54) is 6.07 Å². The van der Waals surface area contributed by atoms with Crippen LogP contribution >= 0.6 is 11.6 Å². The van der Waals surface area contributed by atoms with Crippen LogP contribution in [0.25, 0.3) is 0 Å². The Morgan fingerprint density at radius 2 is 1.95 bits per heavy atom. The Kier molecular flexibility index (Phi) is 4.63. The fraction of sp³-hybridized carbons (Fsp3) is 0.250. The molecular weight excluding hydrogens is 277 g/mol. The second kappa shape index (κ2) is 6.25. The van der Waals surface area contributed by atoms with Crippen molar-refractivity contribution in [3.63, 3.8) is 0 Å². The Hall–Kier alpha value is -1.58. The smallest absolute Gasteiger partial charge is 0.146 e. The van der Waals surface area contributed by atoms with Crippen molar-refractivity contribution in [1.82, 2.24) is 5.32 Å². The van der Waals surface area contributed by atoms with Crippen LogP contribution in [0, 0.1) is 12.7 Å². The summed E-state index contributed by atoms with van der Waals surface area (Å²) in [5.41, 5.74) is 1.62. The predicted octanol–water partition coefficient (Wildman–Crippen LogP) is 4.86. The van der Waals surface area contributed by atoms with Gasteiger partial charge in [0, 0.05) is 6.04 Å². The van der Waals surface area contributed by atoms with Gasteiger partial charge in [-0.2, -0.15) is 0 Å². The van der Waals surface area contributed by atoms with Crippen molar-refractivity contribution in [2.75, 3.05) is 7.05 Å². The predicted molar refractivity (Wildman–Crippen MR) is 80.1 cm³/mol. The highest BCUT2D eigenvalue weighted by Gasteiger charge is 2.09. The lowest BCUT2D eigenvalue weighted by Gasteiger charge is -2.13. The summed E-state index contributed by atoms with van der Waals surface area (Å²) in [5.74, 6) is 0.881. The standard InChI is InChI=1S/C16H17ClFNO/c1-10-8-13(5-6-15(10)18)20-16-7-4-12(9-14(16)17)11(2)19-3/h4-9,11,19H,1-3H3. The van der Waals surface area contributed by atoms with Gasteiger partial charge in [-0.3, -0.25) is 0 Å². The highest BCUT2D eigenvalue weighted by molar-refractivity contribution is 6.32. The zero-order valence-electron chi connectivity index (χ0n) is 11.7. The van der Waals surface area contributed by atoms with E-state index in [4.69, 9.17) is 16.3 Å². The number of benzene rings is 2. The van der Waals surface area contributed by atoms with Crippen LogP contribution in [-0.2, 0) is 0 Å². The van der Waals surface area contributed by atoms with E-state index in [1.807, 2.05) is 25.2 Å². The van der Waals surface area contributed by atoms with E-state index in [1.54, 1.807) is 19.1 Å². The molecule has 1 atom stereocenters. The minimum absolute atomic E-state index is 0.217. The van der Waals surface area contributed by atoms with Crippen LogP contribution in [0.1, 0.15) is 24.1 Å². The maximum atomic E-state index is 13.2. The zero-order chi connectivity index (χ0) is 14.7. The largest absolute Gasteiger partial charge is 0.456 e. The van der Waals surface area contributed by atoms with E-state index in [2.05, 4.69) is 12.2 Å². The summed E-state index contributed by atoms with van der Waals surface area (Å²) < 4.78 is 18.9. The number of hydrogen-bond donors (Lipinski definition) is 1. The number of aryl methyl sites for hydroxylation is 1. The molecule has 0 aliphatic heterocycles. The van der Waals surface area contributed by atoms with E-state index >= 15 is 0 Å². The molecule has 0 saturated heterocycles. The van der Waals surface area contributed by atoms with Gasteiger partial charge in [-0.1, -0.05) is 17.7 Å². The SMILES string of the molecule is CNC(C)c1ccc(Oc2ccc(F)c(C)c2)c(Cl)c1. The monoisotopic (exact) mass is 293 g/mol. The molecule has 0 fully saturated rings. The van der Waals surface area contributed by atoms with Gasteiger partial charge < -0.3 is 10.1 Å². The number of ether oxygens (including phenoxy) is 1. The molecule has 0 aliphatic carbocycles. The van der Waals surface area contributed by atoms with Gasteiger partial charge in [-0.05, 0) is 62.4 Å². The molecule has 0 heterocycles. The average Bonchev–Trinajstić information content (AvgIpc) is 2.44. The lowest BCUT2D eigenvalue weighted by Crippen LogP contribution is -2.12. The lowest BCUT2D eigenvalue weighted by atomic mass is 10.1. The Morgan fingerprint density at radius 3 is 2.55 bits per heavy atom. The van der Waals surface area contributed by atoms with Crippen LogP contribution in [0.2, 0.25) is 5.02 Å². The zero-order valence-corrected chi connectivity index (χ0v) is 12.5. The van der Waals surface area contributed by atoms with Crippen LogP contribution in [0.3, 0.4) is 0 Å². The van der Waals surface area contributed by atoms with Crippen molar-refractivity contribution in [3.05, 3.63) is 58.4 Å². The second-order valence-electron chi connectivity index (χ2n) is 4.71. The minimum Gasteiger partial charge on any atom is -0.456 e. The van der Waals surface area contributed by atoms with Crippen LogP contribution in [0.4, 0.5) is 4.39 Å². The molecule has 0 spiro atoms. The van der Waals surface area contributed by atoms with E-state index < -0.39 is 0 Å². The molecule has 2 rings (SSSR count). The quantitative estimate of drug-likeness (QED) is 0.869. The number of rotatable bonds is 4. The third-order valence-corrected chi connectivity index (χ3v) is 3.54. The average molecular weight is 294 g/mol. The van der Waals surface area contributed by atoms with Crippen LogP contribution in [-0.4, -0.2) is 7.05 Å². The molecule has 1 unspecified atom stereocenters. The van der Waals surface area contributed by atoms with Crippen LogP contribution in [0.5, 0.6) is 11.5 Å². The van der Waals surface area contributed by atoms with Crippen molar-refractivity contribution in [3.8, 4) is 11.5 Å². The number of halogens is 2. The van der Waals surface area contributed by atoms with E-state index in [0.717, 1.165) is 5.56 Å². The van der Waals surface area contributed by atoms with E-state index in [0.29, 0.717) is 22.1 Å². The molecule has 0 bridgehead atoms. The topological polar surface area (TPSA) is 21.3 Å². The molecule has 0 aliphatic rings. The molecule has 20 heavy (non-hydrogen) atoms. The van der Waals surface area contributed by atoms with Gasteiger partial charge in [-0.15, -0.1) is 0 Å². The lowest BCUT2D eigenvalue weighted by molar-refractivity contribution is 0.479. The number of hydrogen-bond acceptors (Lipinski definition) is 2. The summed E-state index contributed by atoms with van der Waals surface area (Å²) in [6.07, 6.45) is 0. The van der Waals surface area contributed by atoms with Gasteiger partial charge >= 0.3 is 0 Å². The van der Waals surface area contributed by atoms with Gasteiger partial charge in [-0.25, -0.2) is 4.39 Å². The second-order valence-corrected chi connectivity index (χ2v) is 5.12. The van der Waals surface area contributed by atoms with Crippen LogP contribution in [0.15, 0.2) is 36.4 Å². The fourth-order valence-corrected chi connectivity index (χ4v) is 2.07. The number of nitrogens with one attached hydrogen (secondary N) is 1. The third kappa shape index (κ3) is 3.30. The molecule has 106 valence electrons. The molecule has 4 heteroatoms. The highest BCUT2D eigenvalue weighted by atomic mass is 35.5. The molecule has 0 aromatic heterocycles. The summed E-state index contributed by atoms with van der Waals surface area (Å²) in [7, 11) is 1.89. The van der Waals surface area contributed by atoms with Gasteiger partial charge in [0.15, 0.2) is 0 Å². The molecule has 0 amide bonds. The summed E-state index contributed by atoms with van der Waals surface area (Å²) in [6.45, 7) is 3.75. The van der Waals surface area contributed by atoms with E-state index in [-0.39, 0.29) is 11.9 Å². The third-order valence-electron chi connectivity index (χ3n) is 3.25. The van der Waals surface area contributed by atoms with E-state index in [9.17, 15) is 4.39 Å². The summed E-state index contributed by atoms with van der Waals surface area (Å²) in [4.78, 5) is 0. The fourth-order valence-electron chi connectivity index (χ4n) is 1.84. The Bertz CT molecular complexity index is 615. The summed E-state index contributed by atoms with van der Waals surface area (Å²) in [5, 5.41) is 3.68. The van der Waals surface area contributed by atoms with Crippen molar-refractivity contribution in [2.45, 2.75) is 19.9 Å². The van der Waals surface area contributed by atoms with Crippen LogP contribution < -0.4 is 10.1 Å². The normalized spacial score (nSPS) is 12.2. The minimum atomic E-state index is -0.248. The molecular formula is C16H17ClFNO. The molecule has 2 aromatic rings. The molecule has 2 nitrogen and oxygen atoms in total. The first-order valence-electron chi connectivity index (χ1n) is 6.42. The first-order valence-corrected chi connectivity index (χ1v) is 6.79. The molecule has 0 saturated carbocycles. The van der Waals surface area contributed by atoms with Gasteiger partial charge in [0.05, 0.1) is 5.02 Å². The Morgan fingerprint density at radius 1 is 1.20 bits per heavy atom. The Labute approximate surface area is 123 Å². The van der Waals surface area contributed by atoms with Crippen molar-refractivity contribution < 1.29 is 9.13 Å². The molecule has 2 aromatic carbocycles. The molecule has 1 N–H and O–H groups in total. The first-order chi connectivity index (χ1) is 9.51. The summed E-state index contributed by atoms with van der Waals surface area (Å²) in [6, 6.07) is 10.5. The van der Waals surface area contributed by atoms with Gasteiger partial charge in [0.2, 0.25) is 0 Å². The molecule has 0 radical (unpaired) electrons. The van der Waals surface area contributed by atoms with Crippen molar-refractivity contribution in [2.24, 2.45) is 0 Å². The van der Waals surface area contributed by atoms with Crippen molar-refractivity contribution in [1.29, 1.82) is 0 Å². The Balaban J connectivity index is 2.23. The van der Waals surface area contributed by atoms with Crippen molar-refractivity contribution >= 4 is 11.6 Å². The maximum Gasteiger partial charge on any atom is 0.146 e. The first kappa shape index (κ1) is 14.8. The maximum absolute atomic E-state index is 13.2. The highest BCUT2D eigenvalue weighted by Crippen LogP contribution is 2.32. The van der Waals surface area contributed by atoms with Gasteiger partial charge in [0.1, 0.15) is 17.3 Å². The summed E-state index contributed by atoms with van der Waals surface area (Å²) >= 11 is 6.22.